The van der Waals surface area contributed by atoms with Crippen LogP contribution >= 0.6 is 11.5 Å². The minimum atomic E-state index is -1.19. The van der Waals surface area contributed by atoms with Crippen LogP contribution in [0.15, 0.2) is 42.5 Å². The minimum absolute atomic E-state index is 0.0474. The van der Waals surface area contributed by atoms with Gasteiger partial charge < -0.3 is 21.5 Å². The number of nitrogens with two attached hydrogens (primary N) is 2. The fourth-order valence-electron chi connectivity index (χ4n) is 3.43. The van der Waals surface area contributed by atoms with E-state index in [1.54, 1.807) is 12.1 Å². The molecule has 184 valence electrons. The number of anilines is 2. The highest BCUT2D eigenvalue weighted by molar-refractivity contribution is 7.09. The lowest BCUT2D eigenvalue weighted by atomic mass is 10.0. The maximum atomic E-state index is 13.9. The Kier molecular flexibility index (Phi) is 8.15. The number of rotatable bonds is 9. The summed E-state index contributed by atoms with van der Waals surface area (Å²) in [5.41, 5.74) is 13.6. The van der Waals surface area contributed by atoms with Crippen LogP contribution < -0.4 is 21.7 Å². The summed E-state index contributed by atoms with van der Waals surface area (Å²) in [7, 11) is 1.50. The normalized spacial score (nSPS) is 11.7. The number of carbonyl (C=O) groups excluding carboxylic acids is 3. The quantitative estimate of drug-likeness (QED) is 0.387. The van der Waals surface area contributed by atoms with E-state index in [0.29, 0.717) is 22.8 Å². The predicted octanol–water partition coefficient (Wildman–Crippen LogP) is 2.73. The van der Waals surface area contributed by atoms with Crippen LogP contribution in [-0.2, 0) is 9.53 Å². The van der Waals surface area contributed by atoms with Crippen LogP contribution in [0, 0.1) is 19.7 Å². The number of ether oxygens (including phenoxy) is 1. The number of nitrogen functional groups attached to an aromatic ring is 1. The third-order valence-corrected chi connectivity index (χ3v) is 6.29. The number of aromatic nitrogens is 1. The van der Waals surface area contributed by atoms with Crippen molar-refractivity contribution < 1.29 is 23.5 Å². The van der Waals surface area contributed by atoms with E-state index < -0.39 is 29.6 Å². The molecule has 0 unspecified atom stereocenters. The molecule has 0 aliphatic rings. The zero-order valence-electron chi connectivity index (χ0n) is 19.5. The molecule has 3 amide bonds. The maximum absolute atomic E-state index is 13.9. The molecule has 1 atom stereocenters. The smallest absolute Gasteiger partial charge is 0.273 e. The van der Waals surface area contributed by atoms with Crippen molar-refractivity contribution in [3.05, 3.63) is 75.5 Å². The van der Waals surface area contributed by atoms with Gasteiger partial charge in [0.15, 0.2) is 5.69 Å². The van der Waals surface area contributed by atoms with Gasteiger partial charge in [0, 0.05) is 19.3 Å². The lowest BCUT2D eigenvalue weighted by molar-refractivity contribution is -0.122. The molecule has 0 aliphatic carbocycles. The molecule has 2 aromatic carbocycles. The molecule has 9 nitrogen and oxygen atoms in total. The number of hydrogen-bond donors (Lipinski definition) is 3. The highest BCUT2D eigenvalue weighted by Crippen LogP contribution is 2.34. The summed E-state index contributed by atoms with van der Waals surface area (Å²) in [6.07, 6.45) is 0. The van der Waals surface area contributed by atoms with Crippen LogP contribution in [0.4, 0.5) is 15.8 Å². The lowest BCUT2D eigenvalue weighted by Crippen LogP contribution is -2.44. The predicted molar refractivity (Wildman–Crippen MR) is 132 cm³/mol. The molecule has 0 aliphatic heterocycles. The van der Waals surface area contributed by atoms with E-state index in [1.807, 2.05) is 19.9 Å². The first-order chi connectivity index (χ1) is 16.6. The van der Waals surface area contributed by atoms with Gasteiger partial charge >= 0.3 is 0 Å². The van der Waals surface area contributed by atoms with Crippen LogP contribution in [0.5, 0.6) is 0 Å². The summed E-state index contributed by atoms with van der Waals surface area (Å²) < 4.78 is 22.6. The number of carbonyl (C=O) groups is 3. The summed E-state index contributed by atoms with van der Waals surface area (Å²) in [5, 5.41) is 2.75. The van der Waals surface area contributed by atoms with Crippen molar-refractivity contribution in [1.29, 1.82) is 0 Å². The second kappa shape index (κ2) is 11.1. The van der Waals surface area contributed by atoms with Crippen molar-refractivity contribution in [2.75, 3.05) is 30.9 Å². The van der Waals surface area contributed by atoms with E-state index in [4.69, 9.17) is 16.2 Å². The van der Waals surface area contributed by atoms with Crippen molar-refractivity contribution in [2.45, 2.75) is 19.9 Å². The average Bonchev–Trinajstić information content (AvgIpc) is 3.21. The molecule has 3 rings (SSSR count). The Morgan fingerprint density at radius 2 is 1.83 bits per heavy atom. The van der Waals surface area contributed by atoms with Crippen LogP contribution in [0.2, 0.25) is 0 Å². The number of primary amides is 1. The van der Waals surface area contributed by atoms with Crippen LogP contribution in [0.1, 0.15) is 42.9 Å². The number of methoxy groups -OCH3 is 1. The Hall–Kier alpha value is -3.83. The maximum Gasteiger partial charge on any atom is 0.273 e. The summed E-state index contributed by atoms with van der Waals surface area (Å²) >= 11 is 0.712. The van der Waals surface area contributed by atoms with Gasteiger partial charge in [0.25, 0.3) is 11.8 Å². The van der Waals surface area contributed by atoms with Crippen molar-refractivity contribution >= 4 is 40.6 Å². The van der Waals surface area contributed by atoms with Crippen molar-refractivity contribution in [1.82, 2.24) is 9.69 Å². The highest BCUT2D eigenvalue weighted by atomic mass is 32.1. The third kappa shape index (κ3) is 5.64. The Balaban J connectivity index is 2.20. The minimum Gasteiger partial charge on any atom is -0.395 e. The number of benzene rings is 2. The zero-order valence-corrected chi connectivity index (χ0v) is 20.3. The fraction of sp³-hybridized carbons (Fsp3) is 0.250. The van der Waals surface area contributed by atoms with Gasteiger partial charge in [-0.3, -0.25) is 19.3 Å². The Bertz CT molecular complexity index is 1250. The lowest BCUT2D eigenvalue weighted by Gasteiger charge is -2.31. The number of aryl methyl sites for hydroxylation is 2. The number of halogens is 1. The van der Waals surface area contributed by atoms with Crippen LogP contribution in [-0.4, -0.2) is 42.4 Å². The van der Waals surface area contributed by atoms with Gasteiger partial charge in [0.2, 0.25) is 5.91 Å². The van der Waals surface area contributed by atoms with Gasteiger partial charge in [-0.05, 0) is 66.3 Å². The standard InChI is InChI=1S/C24H26FN5O4S/c1-13-4-9-17(12-14(13)2)30(24(33)21-18(26)19(22(27)31)29-35-21)20(23(32)28-10-11-34-3)15-5-7-16(25)8-6-15/h4-9,12,20H,10-11,26H2,1-3H3,(H2,27,31)(H,28,32)/t20-/m0/s1. The van der Waals surface area contributed by atoms with Gasteiger partial charge in [-0.15, -0.1) is 0 Å². The first-order valence-corrected chi connectivity index (χ1v) is 11.4. The second-order valence-corrected chi connectivity index (χ2v) is 8.59. The molecule has 35 heavy (non-hydrogen) atoms. The summed E-state index contributed by atoms with van der Waals surface area (Å²) in [4.78, 5) is 40.2. The number of nitrogens with zero attached hydrogens (tertiary/aromatic N) is 2. The molecular formula is C24H26FN5O4S. The van der Waals surface area contributed by atoms with E-state index >= 15 is 0 Å². The SMILES string of the molecule is COCCNC(=O)[C@H](c1ccc(F)cc1)N(C(=O)c1snc(C(N)=O)c1N)c1ccc(C)c(C)c1. The summed E-state index contributed by atoms with van der Waals surface area (Å²) in [6, 6.07) is 9.37. The number of amides is 3. The first-order valence-electron chi connectivity index (χ1n) is 10.6. The number of nitrogens with one attached hydrogen (secondary N) is 1. The number of hydrogen-bond acceptors (Lipinski definition) is 7. The average molecular weight is 500 g/mol. The molecule has 0 radical (unpaired) electrons. The molecule has 0 spiro atoms. The monoisotopic (exact) mass is 499 g/mol. The molecule has 0 fully saturated rings. The second-order valence-electron chi connectivity index (χ2n) is 7.82. The van der Waals surface area contributed by atoms with Gasteiger partial charge in [0.1, 0.15) is 16.7 Å². The van der Waals surface area contributed by atoms with Gasteiger partial charge in [-0.1, -0.05) is 18.2 Å². The topological polar surface area (TPSA) is 141 Å². The Morgan fingerprint density at radius 3 is 2.40 bits per heavy atom. The molecule has 5 N–H and O–H groups in total. The van der Waals surface area contributed by atoms with Crippen molar-refractivity contribution in [3.63, 3.8) is 0 Å². The van der Waals surface area contributed by atoms with Crippen LogP contribution in [0.3, 0.4) is 0 Å². The van der Waals surface area contributed by atoms with E-state index in [-0.39, 0.29) is 29.4 Å². The molecule has 3 aromatic rings. The molecule has 11 heteroatoms. The molecular weight excluding hydrogens is 473 g/mol. The fourth-order valence-corrected chi connectivity index (χ4v) is 4.18. The van der Waals surface area contributed by atoms with Crippen molar-refractivity contribution in [3.8, 4) is 0 Å². The van der Waals surface area contributed by atoms with E-state index in [0.717, 1.165) is 11.1 Å². The summed E-state index contributed by atoms with van der Waals surface area (Å²) in [6.45, 7) is 4.24. The molecule has 0 saturated carbocycles. The van der Waals surface area contributed by atoms with E-state index in [1.165, 1.54) is 36.3 Å². The van der Waals surface area contributed by atoms with Crippen molar-refractivity contribution in [2.24, 2.45) is 5.73 Å². The molecule has 1 heterocycles. The highest BCUT2D eigenvalue weighted by Gasteiger charge is 2.36. The summed E-state index contributed by atoms with van der Waals surface area (Å²) in [5.74, 6) is -2.54. The van der Waals surface area contributed by atoms with Gasteiger partial charge in [0.05, 0.1) is 12.3 Å². The van der Waals surface area contributed by atoms with Crippen LogP contribution in [0.25, 0.3) is 0 Å². The molecule has 0 saturated heterocycles. The Labute approximate surface area is 206 Å². The Morgan fingerprint density at radius 1 is 1.14 bits per heavy atom. The van der Waals surface area contributed by atoms with Gasteiger partial charge in [-0.2, -0.15) is 4.37 Å². The zero-order chi connectivity index (χ0) is 25.7. The molecule has 0 bridgehead atoms. The first kappa shape index (κ1) is 25.8. The third-order valence-electron chi connectivity index (χ3n) is 5.44. The van der Waals surface area contributed by atoms with Gasteiger partial charge in [-0.25, -0.2) is 4.39 Å². The van der Waals surface area contributed by atoms with E-state index in [2.05, 4.69) is 9.69 Å². The largest absolute Gasteiger partial charge is 0.395 e. The van der Waals surface area contributed by atoms with E-state index in [9.17, 15) is 18.8 Å². The molecule has 1 aromatic heterocycles.